The molecule has 1 N–H and O–H groups in total. The molecular weight excluding hydrogens is 200 g/mol. The van der Waals surface area contributed by atoms with Gasteiger partial charge in [0.05, 0.1) is 11.3 Å². The highest BCUT2D eigenvalue weighted by molar-refractivity contribution is 5.93. The summed E-state index contributed by atoms with van der Waals surface area (Å²) in [6, 6.07) is 9.10. The van der Waals surface area contributed by atoms with Gasteiger partial charge in [-0.25, -0.2) is 0 Å². The highest BCUT2D eigenvalue weighted by atomic mass is 16.1. The summed E-state index contributed by atoms with van der Waals surface area (Å²) in [5.41, 5.74) is 1.10. The summed E-state index contributed by atoms with van der Waals surface area (Å²) in [5.74, 6) is 0.0134. The second kappa shape index (κ2) is 5.92. The summed E-state index contributed by atoms with van der Waals surface area (Å²) >= 11 is 0. The van der Waals surface area contributed by atoms with Crippen LogP contribution in [0.15, 0.2) is 24.3 Å². The Bertz CT molecular complexity index is 403. The molecule has 0 aliphatic carbocycles. The SMILES string of the molecule is CCC(CC)C(=O)Nc1ccccc1C#N. The summed E-state index contributed by atoms with van der Waals surface area (Å²) in [6.45, 7) is 3.98. The zero-order valence-electron chi connectivity index (χ0n) is 9.66. The number of nitrogens with zero attached hydrogens (tertiary/aromatic N) is 1. The van der Waals surface area contributed by atoms with Crippen LogP contribution in [0.1, 0.15) is 32.3 Å². The molecule has 0 fully saturated rings. The van der Waals surface area contributed by atoms with E-state index in [1.165, 1.54) is 0 Å². The lowest BCUT2D eigenvalue weighted by Gasteiger charge is -2.13. The van der Waals surface area contributed by atoms with Crippen molar-refractivity contribution in [2.24, 2.45) is 5.92 Å². The first-order valence-corrected chi connectivity index (χ1v) is 5.52. The first kappa shape index (κ1) is 12.3. The third kappa shape index (κ3) is 2.83. The highest BCUT2D eigenvalue weighted by Crippen LogP contribution is 2.16. The number of nitrogens with one attached hydrogen (secondary N) is 1. The van der Waals surface area contributed by atoms with E-state index < -0.39 is 0 Å². The zero-order chi connectivity index (χ0) is 12.0. The molecule has 0 unspecified atom stereocenters. The summed E-state index contributed by atoms with van der Waals surface area (Å²) in [5, 5.41) is 11.7. The number of hydrogen-bond acceptors (Lipinski definition) is 2. The summed E-state index contributed by atoms with van der Waals surface area (Å²) in [4.78, 5) is 11.8. The Morgan fingerprint density at radius 3 is 2.56 bits per heavy atom. The number of nitriles is 1. The van der Waals surface area contributed by atoms with Crippen molar-refractivity contribution < 1.29 is 4.79 Å². The Kier molecular flexibility index (Phi) is 4.53. The number of hydrogen-bond donors (Lipinski definition) is 1. The van der Waals surface area contributed by atoms with E-state index in [1.54, 1.807) is 18.2 Å². The van der Waals surface area contributed by atoms with Gasteiger partial charge in [0.25, 0.3) is 0 Å². The fourth-order valence-electron chi connectivity index (χ4n) is 1.58. The van der Waals surface area contributed by atoms with Crippen molar-refractivity contribution in [3.05, 3.63) is 29.8 Å². The molecule has 3 heteroatoms. The van der Waals surface area contributed by atoms with E-state index >= 15 is 0 Å². The van der Waals surface area contributed by atoms with Gasteiger partial charge in [0, 0.05) is 5.92 Å². The van der Waals surface area contributed by atoms with Gasteiger partial charge in [-0.2, -0.15) is 5.26 Å². The van der Waals surface area contributed by atoms with Crippen LogP contribution >= 0.6 is 0 Å². The lowest BCUT2D eigenvalue weighted by molar-refractivity contribution is -0.120. The molecule has 3 nitrogen and oxygen atoms in total. The van der Waals surface area contributed by atoms with Crippen LogP contribution in [-0.2, 0) is 4.79 Å². The van der Waals surface area contributed by atoms with E-state index in [1.807, 2.05) is 19.9 Å². The third-order valence-corrected chi connectivity index (χ3v) is 2.66. The second-order valence-corrected chi connectivity index (χ2v) is 3.66. The first-order valence-electron chi connectivity index (χ1n) is 5.52. The van der Waals surface area contributed by atoms with E-state index in [2.05, 4.69) is 11.4 Å². The Balaban J connectivity index is 2.81. The van der Waals surface area contributed by atoms with Gasteiger partial charge in [0.15, 0.2) is 0 Å². The molecule has 0 saturated carbocycles. The number of para-hydroxylation sites is 1. The molecule has 0 saturated heterocycles. The predicted octanol–water partition coefficient (Wildman–Crippen LogP) is 2.93. The van der Waals surface area contributed by atoms with Crippen LogP contribution in [0.4, 0.5) is 5.69 Å². The summed E-state index contributed by atoms with van der Waals surface area (Å²) in [7, 11) is 0. The van der Waals surface area contributed by atoms with Gasteiger partial charge in [-0.1, -0.05) is 26.0 Å². The maximum Gasteiger partial charge on any atom is 0.227 e. The minimum Gasteiger partial charge on any atom is -0.325 e. The Labute approximate surface area is 96.1 Å². The van der Waals surface area contributed by atoms with Crippen molar-refractivity contribution >= 4 is 11.6 Å². The maximum atomic E-state index is 11.8. The molecule has 0 aliphatic rings. The van der Waals surface area contributed by atoms with Crippen LogP contribution in [-0.4, -0.2) is 5.91 Å². The third-order valence-electron chi connectivity index (χ3n) is 2.66. The number of amides is 1. The standard InChI is InChI=1S/C13H16N2O/c1-3-10(4-2)13(16)15-12-8-6-5-7-11(12)9-14/h5-8,10H,3-4H2,1-2H3,(H,15,16). The van der Waals surface area contributed by atoms with Crippen molar-refractivity contribution in [2.75, 3.05) is 5.32 Å². The fourth-order valence-corrected chi connectivity index (χ4v) is 1.58. The van der Waals surface area contributed by atoms with Crippen LogP contribution in [0.25, 0.3) is 0 Å². The average molecular weight is 216 g/mol. The smallest absolute Gasteiger partial charge is 0.227 e. The van der Waals surface area contributed by atoms with Gasteiger partial charge in [0.1, 0.15) is 6.07 Å². The van der Waals surface area contributed by atoms with Gasteiger partial charge in [-0.3, -0.25) is 4.79 Å². The number of benzene rings is 1. The van der Waals surface area contributed by atoms with Crippen LogP contribution in [0.2, 0.25) is 0 Å². The van der Waals surface area contributed by atoms with E-state index in [4.69, 9.17) is 5.26 Å². The van der Waals surface area contributed by atoms with Gasteiger partial charge < -0.3 is 5.32 Å². The van der Waals surface area contributed by atoms with Crippen molar-refractivity contribution in [3.8, 4) is 6.07 Å². The second-order valence-electron chi connectivity index (χ2n) is 3.66. The minimum absolute atomic E-state index is 0.00676. The Morgan fingerprint density at radius 1 is 1.38 bits per heavy atom. The molecule has 16 heavy (non-hydrogen) atoms. The average Bonchev–Trinajstić information content (AvgIpc) is 2.31. The molecule has 1 aromatic rings. The molecule has 1 amide bonds. The number of anilines is 1. The van der Waals surface area contributed by atoms with E-state index in [0.717, 1.165) is 12.8 Å². The van der Waals surface area contributed by atoms with Crippen molar-refractivity contribution in [1.82, 2.24) is 0 Å². The lowest BCUT2D eigenvalue weighted by atomic mass is 10.0. The molecule has 0 aliphatic heterocycles. The van der Waals surface area contributed by atoms with Gasteiger partial charge in [0.2, 0.25) is 5.91 Å². The van der Waals surface area contributed by atoms with E-state index in [-0.39, 0.29) is 11.8 Å². The van der Waals surface area contributed by atoms with E-state index in [9.17, 15) is 4.79 Å². The summed E-state index contributed by atoms with van der Waals surface area (Å²) < 4.78 is 0. The number of carbonyl (C=O) groups is 1. The number of rotatable bonds is 4. The zero-order valence-corrected chi connectivity index (χ0v) is 9.66. The maximum absolute atomic E-state index is 11.8. The highest BCUT2D eigenvalue weighted by Gasteiger charge is 2.15. The first-order chi connectivity index (χ1) is 7.72. The molecule has 0 aromatic heterocycles. The molecular formula is C13H16N2O. The molecule has 0 spiro atoms. The van der Waals surface area contributed by atoms with E-state index in [0.29, 0.717) is 11.3 Å². The molecule has 0 radical (unpaired) electrons. The summed E-state index contributed by atoms with van der Waals surface area (Å²) in [6.07, 6.45) is 1.63. The van der Waals surface area contributed by atoms with Crippen LogP contribution < -0.4 is 5.32 Å². The normalized spacial score (nSPS) is 9.88. The lowest BCUT2D eigenvalue weighted by Crippen LogP contribution is -2.22. The molecule has 0 bridgehead atoms. The topological polar surface area (TPSA) is 52.9 Å². The quantitative estimate of drug-likeness (QED) is 0.841. The van der Waals surface area contributed by atoms with Gasteiger partial charge in [-0.15, -0.1) is 0 Å². The van der Waals surface area contributed by atoms with Crippen LogP contribution in [0.5, 0.6) is 0 Å². The van der Waals surface area contributed by atoms with Crippen LogP contribution in [0.3, 0.4) is 0 Å². The largest absolute Gasteiger partial charge is 0.325 e. The fraction of sp³-hybridized carbons (Fsp3) is 0.385. The monoisotopic (exact) mass is 216 g/mol. The van der Waals surface area contributed by atoms with Gasteiger partial charge >= 0.3 is 0 Å². The molecule has 1 rings (SSSR count). The van der Waals surface area contributed by atoms with Crippen molar-refractivity contribution in [2.45, 2.75) is 26.7 Å². The Morgan fingerprint density at radius 2 is 2.00 bits per heavy atom. The van der Waals surface area contributed by atoms with Crippen LogP contribution in [0, 0.1) is 17.2 Å². The van der Waals surface area contributed by atoms with Gasteiger partial charge in [-0.05, 0) is 25.0 Å². The molecule has 84 valence electrons. The number of carbonyl (C=O) groups excluding carboxylic acids is 1. The minimum atomic E-state index is -0.00676. The molecule has 0 heterocycles. The van der Waals surface area contributed by atoms with Crippen molar-refractivity contribution in [3.63, 3.8) is 0 Å². The van der Waals surface area contributed by atoms with Crippen molar-refractivity contribution in [1.29, 1.82) is 5.26 Å². The predicted molar refractivity (Wildman–Crippen MR) is 63.9 cm³/mol. The Hall–Kier alpha value is -1.82. The molecule has 1 aromatic carbocycles. The molecule has 0 atom stereocenters.